The first-order valence-electron chi connectivity index (χ1n) is 9.92. The molecular formula is C20H30N6O3. The number of hydrogen-bond acceptors (Lipinski definition) is 6. The van der Waals surface area contributed by atoms with Crippen LogP contribution in [0.4, 0.5) is 0 Å². The van der Waals surface area contributed by atoms with Crippen molar-refractivity contribution >= 4 is 5.96 Å². The van der Waals surface area contributed by atoms with Crippen LogP contribution in [0.1, 0.15) is 30.1 Å². The summed E-state index contributed by atoms with van der Waals surface area (Å²) in [5, 5.41) is 15.0. The molecule has 2 heterocycles. The van der Waals surface area contributed by atoms with Gasteiger partial charge in [0.25, 0.3) is 0 Å². The molecule has 0 bridgehead atoms. The first-order valence-corrected chi connectivity index (χ1v) is 9.92. The van der Waals surface area contributed by atoms with Crippen LogP contribution in [-0.4, -0.2) is 54.2 Å². The molecule has 0 spiro atoms. The number of ether oxygens (including phenoxy) is 3. The Kier molecular flexibility index (Phi) is 7.69. The van der Waals surface area contributed by atoms with Gasteiger partial charge in [0.2, 0.25) is 0 Å². The summed E-state index contributed by atoms with van der Waals surface area (Å²) in [6.07, 6.45) is 1.76. The minimum Gasteiger partial charge on any atom is -0.490 e. The molecule has 9 heteroatoms. The fourth-order valence-electron chi connectivity index (χ4n) is 2.91. The molecular weight excluding hydrogens is 372 g/mol. The van der Waals surface area contributed by atoms with E-state index in [0.717, 1.165) is 48.1 Å². The van der Waals surface area contributed by atoms with E-state index in [1.165, 1.54) is 0 Å². The summed E-state index contributed by atoms with van der Waals surface area (Å²) in [4.78, 5) is 4.74. The van der Waals surface area contributed by atoms with E-state index in [2.05, 4.69) is 20.8 Å². The Bertz CT molecular complexity index is 821. The molecule has 9 nitrogen and oxygen atoms in total. The maximum atomic E-state index is 5.90. The van der Waals surface area contributed by atoms with Gasteiger partial charge in [0.1, 0.15) is 5.82 Å². The van der Waals surface area contributed by atoms with Gasteiger partial charge < -0.3 is 29.4 Å². The second kappa shape index (κ2) is 10.7. The average molecular weight is 402 g/mol. The fourth-order valence-corrected chi connectivity index (χ4v) is 2.91. The monoisotopic (exact) mass is 402 g/mol. The maximum Gasteiger partial charge on any atom is 0.191 e. The van der Waals surface area contributed by atoms with Crippen molar-refractivity contribution in [2.45, 2.75) is 32.9 Å². The Morgan fingerprint density at radius 3 is 2.90 bits per heavy atom. The lowest BCUT2D eigenvalue weighted by Crippen LogP contribution is -2.38. The molecule has 1 aromatic carbocycles. The molecule has 0 aliphatic carbocycles. The SMILES string of the molecule is COCCCNC(=NCc1cccc2c1OCCCO2)NCc1nnc(C)n1C. The van der Waals surface area contributed by atoms with E-state index in [0.29, 0.717) is 38.9 Å². The molecule has 3 rings (SSSR count). The minimum absolute atomic E-state index is 0.476. The topological polar surface area (TPSA) is 94.8 Å². The Hall–Kier alpha value is -2.81. The third-order valence-corrected chi connectivity index (χ3v) is 4.67. The lowest BCUT2D eigenvalue weighted by atomic mass is 10.2. The Morgan fingerprint density at radius 2 is 2.10 bits per heavy atom. The number of nitrogens with one attached hydrogen (secondary N) is 2. The van der Waals surface area contributed by atoms with E-state index in [-0.39, 0.29) is 0 Å². The number of fused-ring (bicyclic) bond motifs is 1. The van der Waals surface area contributed by atoms with E-state index in [4.69, 9.17) is 19.2 Å². The van der Waals surface area contributed by atoms with Crippen LogP contribution in [0.25, 0.3) is 0 Å². The van der Waals surface area contributed by atoms with Crippen LogP contribution in [-0.2, 0) is 24.9 Å². The molecule has 0 fully saturated rings. The highest BCUT2D eigenvalue weighted by molar-refractivity contribution is 5.79. The standard InChI is InChI=1S/C20H30N6O3/c1-15-24-25-18(26(15)2)14-23-20(21-9-5-10-27-3)22-13-16-7-4-8-17-19(16)29-12-6-11-28-17/h4,7-8H,5-6,9-14H2,1-3H3,(H2,21,22,23). The molecule has 0 atom stereocenters. The van der Waals surface area contributed by atoms with Gasteiger partial charge in [-0.1, -0.05) is 12.1 Å². The van der Waals surface area contributed by atoms with Crippen molar-refractivity contribution in [3.8, 4) is 11.5 Å². The molecule has 1 aliphatic rings. The molecule has 2 aromatic rings. The van der Waals surface area contributed by atoms with Gasteiger partial charge in [0.15, 0.2) is 23.3 Å². The van der Waals surface area contributed by atoms with Crippen molar-refractivity contribution in [2.24, 2.45) is 12.0 Å². The molecule has 0 radical (unpaired) electrons. The lowest BCUT2D eigenvalue weighted by molar-refractivity contribution is 0.195. The van der Waals surface area contributed by atoms with Crippen LogP contribution >= 0.6 is 0 Å². The van der Waals surface area contributed by atoms with E-state index >= 15 is 0 Å². The Labute approximate surface area is 171 Å². The smallest absolute Gasteiger partial charge is 0.191 e. The minimum atomic E-state index is 0.476. The summed E-state index contributed by atoms with van der Waals surface area (Å²) < 4.78 is 18.8. The number of hydrogen-bond donors (Lipinski definition) is 2. The molecule has 0 saturated heterocycles. The fraction of sp³-hybridized carbons (Fsp3) is 0.550. The number of rotatable bonds is 8. The van der Waals surface area contributed by atoms with Crippen LogP contribution in [0.15, 0.2) is 23.2 Å². The number of aromatic nitrogens is 3. The zero-order valence-corrected chi connectivity index (χ0v) is 17.4. The van der Waals surface area contributed by atoms with Crippen LogP contribution in [0.2, 0.25) is 0 Å². The molecule has 1 aliphatic heterocycles. The molecule has 0 saturated carbocycles. The van der Waals surface area contributed by atoms with Gasteiger partial charge in [-0.2, -0.15) is 0 Å². The normalized spacial score (nSPS) is 13.8. The second-order valence-electron chi connectivity index (χ2n) is 6.81. The van der Waals surface area contributed by atoms with E-state index in [1.54, 1.807) is 7.11 Å². The highest BCUT2D eigenvalue weighted by Crippen LogP contribution is 2.33. The highest BCUT2D eigenvalue weighted by Gasteiger charge is 2.14. The summed E-state index contributed by atoms with van der Waals surface area (Å²) in [5.41, 5.74) is 0.997. The van der Waals surface area contributed by atoms with Crippen LogP contribution in [0.3, 0.4) is 0 Å². The number of aliphatic imine (C=N–C) groups is 1. The van der Waals surface area contributed by atoms with Gasteiger partial charge in [-0.15, -0.1) is 10.2 Å². The number of nitrogens with zero attached hydrogens (tertiary/aromatic N) is 4. The predicted molar refractivity (Wildman–Crippen MR) is 110 cm³/mol. The molecule has 29 heavy (non-hydrogen) atoms. The van der Waals surface area contributed by atoms with E-state index in [9.17, 15) is 0 Å². The molecule has 158 valence electrons. The number of aryl methyl sites for hydroxylation is 1. The van der Waals surface area contributed by atoms with Crippen molar-refractivity contribution in [3.05, 3.63) is 35.4 Å². The van der Waals surface area contributed by atoms with Crippen molar-refractivity contribution in [2.75, 3.05) is 33.5 Å². The maximum absolute atomic E-state index is 5.90. The van der Waals surface area contributed by atoms with E-state index < -0.39 is 0 Å². The summed E-state index contributed by atoms with van der Waals surface area (Å²) in [6.45, 7) is 5.70. The highest BCUT2D eigenvalue weighted by atomic mass is 16.5. The number of methoxy groups -OCH3 is 1. The third-order valence-electron chi connectivity index (χ3n) is 4.67. The summed E-state index contributed by atoms with van der Waals surface area (Å²) in [7, 11) is 3.65. The van der Waals surface area contributed by atoms with Crippen LogP contribution < -0.4 is 20.1 Å². The Balaban J connectivity index is 1.69. The van der Waals surface area contributed by atoms with Crippen molar-refractivity contribution in [1.29, 1.82) is 0 Å². The van der Waals surface area contributed by atoms with Gasteiger partial charge in [-0.25, -0.2) is 4.99 Å². The quantitative estimate of drug-likeness (QED) is 0.393. The number of benzene rings is 1. The zero-order chi connectivity index (χ0) is 20.5. The number of guanidine groups is 1. The number of para-hydroxylation sites is 1. The van der Waals surface area contributed by atoms with Crippen LogP contribution in [0, 0.1) is 6.92 Å². The molecule has 1 aromatic heterocycles. The van der Waals surface area contributed by atoms with Crippen molar-refractivity contribution in [1.82, 2.24) is 25.4 Å². The third kappa shape index (κ3) is 5.83. The van der Waals surface area contributed by atoms with Gasteiger partial charge in [-0.3, -0.25) is 0 Å². The van der Waals surface area contributed by atoms with Crippen molar-refractivity contribution < 1.29 is 14.2 Å². The van der Waals surface area contributed by atoms with Gasteiger partial charge in [0, 0.05) is 39.3 Å². The summed E-state index contributed by atoms with van der Waals surface area (Å²) in [5.74, 6) is 3.99. The van der Waals surface area contributed by atoms with Gasteiger partial charge >= 0.3 is 0 Å². The largest absolute Gasteiger partial charge is 0.490 e. The summed E-state index contributed by atoms with van der Waals surface area (Å²) >= 11 is 0. The van der Waals surface area contributed by atoms with E-state index in [1.807, 2.05) is 36.7 Å². The average Bonchev–Trinajstić information content (AvgIpc) is 2.92. The second-order valence-corrected chi connectivity index (χ2v) is 6.81. The molecule has 0 amide bonds. The first kappa shape index (κ1) is 20.9. The molecule has 2 N–H and O–H groups in total. The van der Waals surface area contributed by atoms with Crippen molar-refractivity contribution in [3.63, 3.8) is 0 Å². The zero-order valence-electron chi connectivity index (χ0n) is 17.4. The summed E-state index contributed by atoms with van der Waals surface area (Å²) in [6, 6.07) is 5.93. The van der Waals surface area contributed by atoms with Gasteiger partial charge in [-0.05, 0) is 19.4 Å². The Morgan fingerprint density at radius 1 is 1.24 bits per heavy atom. The van der Waals surface area contributed by atoms with Crippen LogP contribution in [0.5, 0.6) is 11.5 Å². The van der Waals surface area contributed by atoms with Gasteiger partial charge in [0.05, 0.1) is 26.3 Å². The molecule has 0 unspecified atom stereocenters. The lowest BCUT2D eigenvalue weighted by Gasteiger charge is -2.14. The first-order chi connectivity index (χ1) is 14.2. The predicted octanol–water partition coefficient (Wildman–Crippen LogP) is 1.56.